The summed E-state index contributed by atoms with van der Waals surface area (Å²) in [5.41, 5.74) is 3.22. The van der Waals surface area contributed by atoms with E-state index in [1.807, 2.05) is 63.2 Å². The Morgan fingerprint density at radius 1 is 1.03 bits per heavy atom. The summed E-state index contributed by atoms with van der Waals surface area (Å²) in [6.07, 6.45) is 6.13. The van der Waals surface area contributed by atoms with Gasteiger partial charge in [0, 0.05) is 12.6 Å². The van der Waals surface area contributed by atoms with E-state index in [1.165, 1.54) is 6.42 Å². The van der Waals surface area contributed by atoms with Crippen molar-refractivity contribution < 1.29 is 14.3 Å². The largest absolute Gasteiger partial charge is 0.484 e. The molecule has 1 fully saturated rings. The zero-order valence-electron chi connectivity index (χ0n) is 19.6. The van der Waals surface area contributed by atoms with Gasteiger partial charge in [-0.15, -0.1) is 0 Å². The minimum absolute atomic E-state index is 0.0593. The fourth-order valence-corrected chi connectivity index (χ4v) is 4.40. The Kier molecular flexibility index (Phi) is 8.72. The van der Waals surface area contributed by atoms with Crippen molar-refractivity contribution in [1.29, 1.82) is 0 Å². The normalized spacial score (nSPS) is 15.1. The fourth-order valence-electron chi connectivity index (χ4n) is 4.40. The lowest BCUT2D eigenvalue weighted by Crippen LogP contribution is -2.52. The van der Waals surface area contributed by atoms with E-state index in [1.54, 1.807) is 4.90 Å². The molecule has 0 radical (unpaired) electrons. The third kappa shape index (κ3) is 6.84. The first-order valence-electron chi connectivity index (χ1n) is 11.8. The minimum atomic E-state index is -0.522. The van der Waals surface area contributed by atoms with Gasteiger partial charge < -0.3 is 15.0 Å². The molecule has 0 heterocycles. The van der Waals surface area contributed by atoms with Crippen molar-refractivity contribution >= 4 is 11.8 Å². The van der Waals surface area contributed by atoms with Crippen LogP contribution in [0.1, 0.15) is 62.1 Å². The number of ether oxygens (including phenoxy) is 1. The van der Waals surface area contributed by atoms with Crippen LogP contribution in [0.2, 0.25) is 0 Å². The zero-order valence-corrected chi connectivity index (χ0v) is 19.6. The topological polar surface area (TPSA) is 58.6 Å². The van der Waals surface area contributed by atoms with Crippen LogP contribution in [-0.4, -0.2) is 35.4 Å². The third-order valence-electron chi connectivity index (χ3n) is 6.12. The van der Waals surface area contributed by atoms with Crippen LogP contribution in [0, 0.1) is 13.8 Å². The molecule has 0 saturated heterocycles. The van der Waals surface area contributed by atoms with E-state index < -0.39 is 6.04 Å². The van der Waals surface area contributed by atoms with E-state index in [2.05, 4.69) is 11.4 Å². The molecule has 1 aliphatic rings. The monoisotopic (exact) mass is 436 g/mol. The van der Waals surface area contributed by atoms with E-state index >= 15 is 0 Å². The Hall–Kier alpha value is -2.82. The molecule has 1 N–H and O–H groups in total. The van der Waals surface area contributed by atoms with Gasteiger partial charge in [0.2, 0.25) is 5.91 Å². The summed E-state index contributed by atoms with van der Waals surface area (Å²) in [7, 11) is 0. The van der Waals surface area contributed by atoms with Crippen molar-refractivity contribution in [2.24, 2.45) is 0 Å². The van der Waals surface area contributed by atoms with Crippen LogP contribution in [0.25, 0.3) is 0 Å². The average Bonchev–Trinajstić information content (AvgIpc) is 2.78. The Bertz CT molecular complexity index is 905. The summed E-state index contributed by atoms with van der Waals surface area (Å²) < 4.78 is 5.79. The molecule has 172 valence electrons. The van der Waals surface area contributed by atoms with Crippen LogP contribution in [-0.2, 0) is 16.1 Å². The van der Waals surface area contributed by atoms with Crippen LogP contribution in [0.5, 0.6) is 5.75 Å². The van der Waals surface area contributed by atoms with Crippen LogP contribution < -0.4 is 10.1 Å². The lowest BCUT2D eigenvalue weighted by atomic mass is 9.95. The van der Waals surface area contributed by atoms with Gasteiger partial charge in [0.1, 0.15) is 11.8 Å². The number of hydrogen-bond acceptors (Lipinski definition) is 3. The second-order valence-corrected chi connectivity index (χ2v) is 8.88. The van der Waals surface area contributed by atoms with Gasteiger partial charge in [0.15, 0.2) is 6.61 Å². The second-order valence-electron chi connectivity index (χ2n) is 8.88. The van der Waals surface area contributed by atoms with Crippen molar-refractivity contribution in [3.05, 3.63) is 65.2 Å². The summed E-state index contributed by atoms with van der Waals surface area (Å²) in [6.45, 7) is 6.27. The average molecular weight is 437 g/mol. The first-order chi connectivity index (χ1) is 15.5. The first kappa shape index (κ1) is 23.8. The number of carbonyl (C=O) groups excluding carboxylic acids is 2. The Morgan fingerprint density at radius 3 is 2.38 bits per heavy atom. The van der Waals surface area contributed by atoms with Crippen LogP contribution >= 0.6 is 0 Å². The summed E-state index contributed by atoms with van der Waals surface area (Å²) in [6, 6.07) is 15.4. The van der Waals surface area contributed by atoms with Gasteiger partial charge in [-0.3, -0.25) is 9.59 Å². The van der Waals surface area contributed by atoms with E-state index in [-0.39, 0.29) is 24.5 Å². The lowest BCUT2D eigenvalue weighted by Gasteiger charge is -2.32. The highest BCUT2D eigenvalue weighted by Gasteiger charge is 2.30. The molecule has 32 heavy (non-hydrogen) atoms. The number of nitrogens with zero attached hydrogens (tertiary/aromatic N) is 1. The van der Waals surface area contributed by atoms with Gasteiger partial charge in [-0.1, -0.05) is 68.1 Å². The van der Waals surface area contributed by atoms with E-state index in [9.17, 15) is 9.59 Å². The second kappa shape index (κ2) is 11.7. The molecule has 5 nitrogen and oxygen atoms in total. The highest BCUT2D eigenvalue weighted by molar-refractivity contribution is 5.88. The molecule has 1 aliphatic carbocycles. The molecular weight excluding hydrogens is 400 g/mol. The van der Waals surface area contributed by atoms with Gasteiger partial charge in [-0.05, 0) is 56.4 Å². The number of benzene rings is 2. The minimum Gasteiger partial charge on any atom is -0.484 e. The maximum absolute atomic E-state index is 13.3. The maximum atomic E-state index is 13.3. The molecule has 2 aromatic rings. The standard InChI is InChI=1S/C27H36N2O3/c1-4-25(27(31)28-23-13-6-5-7-14-23)29(18-22-12-8-10-20(2)16-22)26(30)19-32-24-15-9-11-21(3)17-24/h8-12,15-17,23,25H,4-7,13-14,18-19H2,1-3H3,(H,28,31)/t25-/m1/s1. The summed E-state index contributed by atoms with van der Waals surface area (Å²) in [5, 5.41) is 3.21. The van der Waals surface area contributed by atoms with Gasteiger partial charge in [0.05, 0.1) is 0 Å². The van der Waals surface area contributed by atoms with Crippen molar-refractivity contribution in [2.45, 2.75) is 77.9 Å². The molecule has 0 unspecified atom stereocenters. The molecule has 1 saturated carbocycles. The highest BCUT2D eigenvalue weighted by atomic mass is 16.5. The molecule has 0 aromatic heterocycles. The number of hydrogen-bond donors (Lipinski definition) is 1. The Labute approximate surface area is 192 Å². The van der Waals surface area contributed by atoms with Gasteiger partial charge in [0.25, 0.3) is 5.91 Å². The van der Waals surface area contributed by atoms with E-state index in [0.29, 0.717) is 18.7 Å². The van der Waals surface area contributed by atoms with Crippen LogP contribution in [0.4, 0.5) is 0 Å². The fraction of sp³-hybridized carbons (Fsp3) is 0.481. The first-order valence-corrected chi connectivity index (χ1v) is 11.8. The molecular formula is C27H36N2O3. The summed E-state index contributed by atoms with van der Waals surface area (Å²) in [5.74, 6) is 0.420. The van der Waals surface area contributed by atoms with Gasteiger partial charge >= 0.3 is 0 Å². The van der Waals surface area contributed by atoms with Crippen molar-refractivity contribution in [1.82, 2.24) is 10.2 Å². The number of rotatable bonds is 9. The molecule has 0 spiro atoms. The smallest absolute Gasteiger partial charge is 0.261 e. The number of aryl methyl sites for hydroxylation is 2. The number of carbonyl (C=O) groups is 2. The Balaban J connectivity index is 1.75. The predicted octanol–water partition coefficient (Wildman–Crippen LogP) is 4.94. The predicted molar refractivity (Wildman–Crippen MR) is 127 cm³/mol. The summed E-state index contributed by atoms with van der Waals surface area (Å²) in [4.78, 5) is 28.2. The number of nitrogens with one attached hydrogen (secondary N) is 1. The maximum Gasteiger partial charge on any atom is 0.261 e. The quantitative estimate of drug-likeness (QED) is 0.606. The molecule has 0 bridgehead atoms. The lowest BCUT2D eigenvalue weighted by molar-refractivity contribution is -0.143. The molecule has 3 rings (SSSR count). The van der Waals surface area contributed by atoms with Crippen molar-refractivity contribution in [3.8, 4) is 5.75 Å². The van der Waals surface area contributed by atoms with Crippen LogP contribution in [0.15, 0.2) is 48.5 Å². The SMILES string of the molecule is CC[C@H](C(=O)NC1CCCCC1)N(Cc1cccc(C)c1)C(=O)COc1cccc(C)c1. The Morgan fingerprint density at radius 2 is 1.72 bits per heavy atom. The molecule has 0 aliphatic heterocycles. The van der Waals surface area contributed by atoms with Crippen molar-refractivity contribution in [2.75, 3.05) is 6.61 Å². The molecule has 5 heteroatoms. The zero-order chi connectivity index (χ0) is 22.9. The van der Waals surface area contributed by atoms with Crippen molar-refractivity contribution in [3.63, 3.8) is 0 Å². The number of amides is 2. The third-order valence-corrected chi connectivity index (χ3v) is 6.12. The highest BCUT2D eigenvalue weighted by Crippen LogP contribution is 2.20. The van der Waals surface area contributed by atoms with Gasteiger partial charge in [-0.2, -0.15) is 0 Å². The molecule has 1 atom stereocenters. The molecule has 2 amide bonds. The van der Waals surface area contributed by atoms with E-state index in [4.69, 9.17) is 4.74 Å². The molecule has 2 aromatic carbocycles. The van der Waals surface area contributed by atoms with E-state index in [0.717, 1.165) is 42.4 Å². The summed E-state index contributed by atoms with van der Waals surface area (Å²) >= 11 is 0. The van der Waals surface area contributed by atoms with Crippen LogP contribution in [0.3, 0.4) is 0 Å². The van der Waals surface area contributed by atoms with Gasteiger partial charge in [-0.25, -0.2) is 0 Å².